The maximum atomic E-state index is 11.8. The molecule has 1 aromatic rings. The van der Waals surface area contributed by atoms with Crippen molar-refractivity contribution in [2.24, 2.45) is 0 Å². The highest BCUT2D eigenvalue weighted by Gasteiger charge is 2.11. The first-order valence-corrected chi connectivity index (χ1v) is 11.2. The van der Waals surface area contributed by atoms with Crippen LogP contribution in [0, 0.1) is 0 Å². The van der Waals surface area contributed by atoms with E-state index in [2.05, 4.69) is 19.1 Å². The Hall–Kier alpha value is -1.90. The molecule has 0 amide bonds. The number of hydrogen-bond donors (Lipinski definition) is 0. The first kappa shape index (κ1) is 24.1. The topological polar surface area (TPSA) is 43.4 Å². The second kappa shape index (κ2) is 17.2. The van der Waals surface area contributed by atoms with Gasteiger partial charge >= 0.3 is 11.9 Å². The largest absolute Gasteiger partial charge is 0.389 e. The van der Waals surface area contributed by atoms with E-state index >= 15 is 0 Å². The number of esters is 2. The predicted octanol–water partition coefficient (Wildman–Crippen LogP) is 7.41. The summed E-state index contributed by atoms with van der Waals surface area (Å²) >= 11 is 0. The van der Waals surface area contributed by atoms with Crippen LogP contribution in [-0.4, -0.2) is 11.9 Å². The van der Waals surface area contributed by atoms with Gasteiger partial charge in [0.15, 0.2) is 0 Å². The summed E-state index contributed by atoms with van der Waals surface area (Å²) in [7, 11) is 0. The van der Waals surface area contributed by atoms with E-state index in [1.54, 1.807) is 24.3 Å². The lowest BCUT2D eigenvalue weighted by Crippen LogP contribution is -2.12. The highest BCUT2D eigenvalue weighted by molar-refractivity contribution is 5.96. The minimum atomic E-state index is -0.557. The molecule has 28 heavy (non-hydrogen) atoms. The van der Waals surface area contributed by atoms with E-state index in [9.17, 15) is 9.59 Å². The molecule has 1 aromatic carbocycles. The Bertz CT molecular complexity index is 548. The van der Waals surface area contributed by atoms with Gasteiger partial charge in [-0.2, -0.15) is 0 Å². The Morgan fingerprint density at radius 2 is 1.29 bits per heavy atom. The molecule has 0 aromatic heterocycles. The van der Waals surface area contributed by atoms with Crippen LogP contribution in [0.3, 0.4) is 0 Å². The fourth-order valence-corrected chi connectivity index (χ4v) is 3.13. The third kappa shape index (κ3) is 13.3. The third-order valence-corrected chi connectivity index (χ3v) is 4.86. The van der Waals surface area contributed by atoms with Gasteiger partial charge in [0.1, 0.15) is 0 Å². The van der Waals surface area contributed by atoms with Gasteiger partial charge in [0.25, 0.3) is 0 Å². The average molecular weight is 387 g/mol. The van der Waals surface area contributed by atoms with Crippen LogP contribution in [0.15, 0.2) is 42.5 Å². The van der Waals surface area contributed by atoms with Crippen LogP contribution < -0.4 is 0 Å². The number of carbonyl (C=O) groups excluding carboxylic acids is 2. The van der Waals surface area contributed by atoms with Gasteiger partial charge in [0.05, 0.1) is 5.56 Å². The molecule has 0 radical (unpaired) electrons. The van der Waals surface area contributed by atoms with Crippen molar-refractivity contribution in [1.82, 2.24) is 0 Å². The van der Waals surface area contributed by atoms with Gasteiger partial charge in [-0.1, -0.05) is 88.6 Å². The molecule has 3 heteroatoms. The van der Waals surface area contributed by atoms with E-state index in [0.717, 1.165) is 25.7 Å². The fraction of sp³-hybridized carbons (Fsp3) is 0.600. The van der Waals surface area contributed by atoms with Crippen LogP contribution in [0.25, 0.3) is 0 Å². The maximum absolute atomic E-state index is 11.8. The normalized spacial score (nSPS) is 11.0. The van der Waals surface area contributed by atoms with Gasteiger partial charge in [0, 0.05) is 6.42 Å². The molecule has 0 N–H and O–H groups in total. The van der Waals surface area contributed by atoms with Crippen molar-refractivity contribution in [1.29, 1.82) is 0 Å². The molecule has 0 fully saturated rings. The molecule has 0 saturated heterocycles. The van der Waals surface area contributed by atoms with Gasteiger partial charge < -0.3 is 4.74 Å². The molecule has 0 unspecified atom stereocenters. The van der Waals surface area contributed by atoms with Crippen molar-refractivity contribution in [3.05, 3.63) is 48.0 Å². The van der Waals surface area contributed by atoms with Crippen LogP contribution in [0.5, 0.6) is 0 Å². The average Bonchev–Trinajstić information content (AvgIpc) is 2.71. The minimum Gasteiger partial charge on any atom is -0.389 e. The zero-order chi connectivity index (χ0) is 20.3. The Morgan fingerprint density at radius 1 is 0.750 bits per heavy atom. The van der Waals surface area contributed by atoms with Crippen molar-refractivity contribution in [2.45, 2.75) is 96.8 Å². The predicted molar refractivity (Wildman–Crippen MR) is 116 cm³/mol. The van der Waals surface area contributed by atoms with Crippen molar-refractivity contribution in [3.63, 3.8) is 0 Å². The molecule has 3 nitrogen and oxygen atoms in total. The Balaban J connectivity index is 1.89. The molecule has 0 spiro atoms. The summed E-state index contributed by atoms with van der Waals surface area (Å²) in [4.78, 5) is 23.5. The Labute approximate surface area is 171 Å². The molecule has 0 saturated carbocycles. The number of ether oxygens (including phenoxy) is 1. The van der Waals surface area contributed by atoms with Crippen molar-refractivity contribution in [3.8, 4) is 0 Å². The van der Waals surface area contributed by atoms with Crippen LogP contribution in [0.2, 0.25) is 0 Å². The van der Waals surface area contributed by atoms with E-state index in [1.807, 2.05) is 6.07 Å². The van der Waals surface area contributed by atoms with Crippen LogP contribution >= 0.6 is 0 Å². The first-order chi connectivity index (χ1) is 13.7. The van der Waals surface area contributed by atoms with Gasteiger partial charge in [-0.25, -0.2) is 4.79 Å². The number of hydrogen-bond acceptors (Lipinski definition) is 3. The van der Waals surface area contributed by atoms with E-state index in [0.29, 0.717) is 12.0 Å². The highest BCUT2D eigenvalue weighted by Crippen LogP contribution is 2.11. The van der Waals surface area contributed by atoms with E-state index in [4.69, 9.17) is 4.74 Å². The van der Waals surface area contributed by atoms with Crippen LogP contribution in [0.1, 0.15) is 107 Å². The standard InChI is InChI=1S/C25H38O3/c1-2-3-4-5-6-7-8-9-10-11-12-13-14-15-19-22-24(26)28-25(27)23-20-17-16-18-21-23/h9-10,16-18,20-21H,2-8,11-15,19,22H2,1H3/b10-9-. The van der Waals surface area contributed by atoms with Crippen molar-refractivity contribution >= 4 is 11.9 Å². The summed E-state index contributed by atoms with van der Waals surface area (Å²) in [6, 6.07) is 8.63. The summed E-state index contributed by atoms with van der Waals surface area (Å²) in [5.74, 6) is -0.982. The SMILES string of the molecule is CCCCCCCC/C=C\CCCCCCCC(=O)OC(=O)c1ccccc1. The molecular weight excluding hydrogens is 348 g/mol. The van der Waals surface area contributed by atoms with Crippen LogP contribution in [0.4, 0.5) is 0 Å². The van der Waals surface area contributed by atoms with Crippen LogP contribution in [-0.2, 0) is 9.53 Å². The number of benzene rings is 1. The second-order valence-electron chi connectivity index (χ2n) is 7.46. The monoisotopic (exact) mass is 386 g/mol. The van der Waals surface area contributed by atoms with E-state index < -0.39 is 11.9 Å². The third-order valence-electron chi connectivity index (χ3n) is 4.86. The number of rotatable bonds is 16. The molecule has 0 heterocycles. The van der Waals surface area contributed by atoms with E-state index in [1.165, 1.54) is 57.8 Å². The number of allylic oxidation sites excluding steroid dienone is 2. The summed E-state index contributed by atoms with van der Waals surface area (Å²) in [5.41, 5.74) is 0.417. The summed E-state index contributed by atoms with van der Waals surface area (Å²) < 4.78 is 4.87. The first-order valence-electron chi connectivity index (χ1n) is 11.2. The molecule has 1 rings (SSSR count). The molecule has 0 bridgehead atoms. The van der Waals surface area contributed by atoms with E-state index in [-0.39, 0.29) is 0 Å². The lowest BCUT2D eigenvalue weighted by Gasteiger charge is -2.03. The number of carbonyl (C=O) groups is 2. The smallest absolute Gasteiger partial charge is 0.345 e. The lowest BCUT2D eigenvalue weighted by molar-refractivity contribution is -0.138. The fourth-order valence-electron chi connectivity index (χ4n) is 3.13. The zero-order valence-corrected chi connectivity index (χ0v) is 17.7. The van der Waals surface area contributed by atoms with Crippen molar-refractivity contribution in [2.75, 3.05) is 0 Å². The quantitative estimate of drug-likeness (QED) is 0.129. The van der Waals surface area contributed by atoms with Gasteiger partial charge in [-0.3, -0.25) is 4.79 Å². The Kier molecular flexibility index (Phi) is 14.8. The molecule has 0 aliphatic rings. The maximum Gasteiger partial charge on any atom is 0.345 e. The molecule has 156 valence electrons. The number of unbranched alkanes of at least 4 members (excludes halogenated alkanes) is 11. The molecule has 0 aliphatic carbocycles. The second-order valence-corrected chi connectivity index (χ2v) is 7.46. The molecular formula is C25H38O3. The lowest BCUT2D eigenvalue weighted by atomic mass is 10.1. The van der Waals surface area contributed by atoms with Gasteiger partial charge in [0.2, 0.25) is 0 Å². The minimum absolute atomic E-state index is 0.316. The van der Waals surface area contributed by atoms with Crippen molar-refractivity contribution < 1.29 is 14.3 Å². The molecule has 0 atom stereocenters. The Morgan fingerprint density at radius 3 is 1.89 bits per heavy atom. The molecule has 0 aliphatic heterocycles. The van der Waals surface area contributed by atoms with Gasteiger partial charge in [-0.05, 0) is 44.2 Å². The summed E-state index contributed by atoms with van der Waals surface area (Å²) in [6.45, 7) is 2.26. The van der Waals surface area contributed by atoms with Gasteiger partial charge in [-0.15, -0.1) is 0 Å². The summed E-state index contributed by atoms with van der Waals surface area (Å²) in [6.07, 6.45) is 20.8. The highest BCUT2D eigenvalue weighted by atomic mass is 16.6. The zero-order valence-electron chi connectivity index (χ0n) is 17.7. The summed E-state index contributed by atoms with van der Waals surface area (Å²) in [5, 5.41) is 0.